The highest BCUT2D eigenvalue weighted by Crippen LogP contribution is 2.35. The minimum atomic E-state index is 0.165. The Labute approximate surface area is 73.6 Å². The van der Waals surface area contributed by atoms with Crippen molar-refractivity contribution in [1.29, 1.82) is 0 Å². The quantitative estimate of drug-likeness (QED) is 0.655. The minimum absolute atomic E-state index is 0.165. The van der Waals surface area contributed by atoms with E-state index in [2.05, 4.69) is 15.9 Å². The molecule has 3 heteroatoms. The molecule has 0 atom stereocenters. The average Bonchev–Trinajstić information content (AvgIpc) is 1.97. The molecule has 2 nitrogen and oxygen atoms in total. The van der Waals surface area contributed by atoms with Gasteiger partial charge in [0.15, 0.2) is 0 Å². The summed E-state index contributed by atoms with van der Waals surface area (Å²) in [6.07, 6.45) is 0. The van der Waals surface area contributed by atoms with Gasteiger partial charge < -0.3 is 10.2 Å². The molecule has 0 saturated carbocycles. The van der Waals surface area contributed by atoms with E-state index in [0.29, 0.717) is 15.6 Å². The van der Waals surface area contributed by atoms with Crippen LogP contribution in [0.2, 0.25) is 0 Å². The Morgan fingerprint density at radius 3 is 2.36 bits per heavy atom. The molecule has 60 valence electrons. The van der Waals surface area contributed by atoms with E-state index in [1.807, 2.05) is 0 Å². The third-order valence-electron chi connectivity index (χ3n) is 1.64. The molecule has 0 saturated heterocycles. The van der Waals surface area contributed by atoms with Gasteiger partial charge in [-0.05, 0) is 41.4 Å². The zero-order valence-corrected chi connectivity index (χ0v) is 7.94. The molecule has 0 radical (unpaired) electrons. The number of phenols is 2. The maximum atomic E-state index is 9.37. The molecule has 1 aromatic rings. The second-order valence-electron chi connectivity index (χ2n) is 2.50. The number of halogens is 1. The van der Waals surface area contributed by atoms with Gasteiger partial charge in [0.25, 0.3) is 0 Å². The smallest absolute Gasteiger partial charge is 0.130 e. The van der Waals surface area contributed by atoms with Crippen molar-refractivity contribution in [3.63, 3.8) is 0 Å². The number of hydrogen-bond donors (Lipinski definition) is 2. The standard InChI is InChI=1S/C8H9BrO2/c1-4-3-6(10)7(9)5(2)8(4)11/h3,10-11H,1-2H3. The largest absolute Gasteiger partial charge is 0.507 e. The lowest BCUT2D eigenvalue weighted by Crippen LogP contribution is -1.82. The van der Waals surface area contributed by atoms with E-state index < -0.39 is 0 Å². The van der Waals surface area contributed by atoms with Crippen LogP contribution in [0.15, 0.2) is 10.5 Å². The molecule has 0 aliphatic rings. The summed E-state index contributed by atoms with van der Waals surface area (Å²) >= 11 is 3.15. The van der Waals surface area contributed by atoms with E-state index >= 15 is 0 Å². The second kappa shape index (κ2) is 2.74. The van der Waals surface area contributed by atoms with Crippen LogP contribution >= 0.6 is 15.9 Å². The van der Waals surface area contributed by atoms with E-state index in [0.717, 1.165) is 0 Å². The zero-order valence-electron chi connectivity index (χ0n) is 6.35. The number of benzene rings is 1. The van der Waals surface area contributed by atoms with Gasteiger partial charge in [-0.1, -0.05) is 0 Å². The van der Waals surface area contributed by atoms with Gasteiger partial charge in [0.2, 0.25) is 0 Å². The van der Waals surface area contributed by atoms with Gasteiger partial charge >= 0.3 is 0 Å². The number of rotatable bonds is 0. The summed E-state index contributed by atoms with van der Waals surface area (Å²) in [4.78, 5) is 0. The van der Waals surface area contributed by atoms with E-state index in [-0.39, 0.29) is 11.5 Å². The number of phenolic OH excluding ortho intramolecular Hbond substituents is 2. The summed E-state index contributed by atoms with van der Waals surface area (Å²) in [6, 6.07) is 1.52. The molecular formula is C8H9BrO2. The molecule has 0 heterocycles. The van der Waals surface area contributed by atoms with Crippen LogP contribution in [0.1, 0.15) is 11.1 Å². The third kappa shape index (κ3) is 1.33. The van der Waals surface area contributed by atoms with Gasteiger partial charge in [-0.3, -0.25) is 0 Å². The summed E-state index contributed by atoms with van der Waals surface area (Å²) in [6.45, 7) is 3.49. The topological polar surface area (TPSA) is 40.5 Å². The first-order valence-corrected chi connectivity index (χ1v) is 4.01. The lowest BCUT2D eigenvalue weighted by atomic mass is 10.1. The fourth-order valence-corrected chi connectivity index (χ4v) is 1.23. The predicted octanol–water partition coefficient (Wildman–Crippen LogP) is 2.48. The summed E-state index contributed by atoms with van der Waals surface area (Å²) in [5.74, 6) is 0.396. The maximum absolute atomic E-state index is 9.37. The third-order valence-corrected chi connectivity index (χ3v) is 2.64. The van der Waals surface area contributed by atoms with Crippen LogP contribution in [0.4, 0.5) is 0 Å². The lowest BCUT2D eigenvalue weighted by molar-refractivity contribution is 0.450. The Bertz CT molecular complexity index is 268. The van der Waals surface area contributed by atoms with Crippen molar-refractivity contribution in [2.24, 2.45) is 0 Å². The van der Waals surface area contributed by atoms with Gasteiger partial charge in [-0.2, -0.15) is 0 Å². The molecule has 0 amide bonds. The van der Waals surface area contributed by atoms with E-state index in [9.17, 15) is 10.2 Å². The molecule has 0 fully saturated rings. The molecule has 0 aliphatic heterocycles. The first-order chi connectivity index (χ1) is 5.04. The van der Waals surface area contributed by atoms with Crippen molar-refractivity contribution >= 4 is 15.9 Å². The molecule has 1 aromatic carbocycles. The first-order valence-electron chi connectivity index (χ1n) is 3.21. The lowest BCUT2D eigenvalue weighted by Gasteiger charge is -2.06. The van der Waals surface area contributed by atoms with Gasteiger partial charge in [0.05, 0.1) is 4.47 Å². The number of aromatic hydroxyl groups is 2. The fourth-order valence-electron chi connectivity index (χ4n) is 0.929. The second-order valence-corrected chi connectivity index (χ2v) is 3.29. The monoisotopic (exact) mass is 216 g/mol. The van der Waals surface area contributed by atoms with Gasteiger partial charge in [0.1, 0.15) is 11.5 Å². The SMILES string of the molecule is Cc1cc(O)c(Br)c(C)c1O. The van der Waals surface area contributed by atoms with Crippen molar-refractivity contribution in [2.75, 3.05) is 0 Å². The molecule has 0 bridgehead atoms. The summed E-state index contributed by atoms with van der Waals surface area (Å²) in [5.41, 5.74) is 1.35. The molecule has 0 spiro atoms. The van der Waals surface area contributed by atoms with E-state index in [1.54, 1.807) is 13.8 Å². The highest BCUT2D eigenvalue weighted by molar-refractivity contribution is 9.10. The molecule has 11 heavy (non-hydrogen) atoms. The summed E-state index contributed by atoms with van der Waals surface area (Å²) < 4.78 is 0.556. The van der Waals surface area contributed by atoms with Crippen molar-refractivity contribution in [2.45, 2.75) is 13.8 Å². The predicted molar refractivity (Wildman–Crippen MR) is 46.9 cm³/mol. The van der Waals surface area contributed by atoms with Crippen LogP contribution in [0.5, 0.6) is 11.5 Å². The van der Waals surface area contributed by atoms with Gasteiger partial charge in [0, 0.05) is 5.56 Å². The fraction of sp³-hybridized carbons (Fsp3) is 0.250. The Morgan fingerprint density at radius 1 is 1.27 bits per heavy atom. The van der Waals surface area contributed by atoms with Crippen LogP contribution < -0.4 is 0 Å². The maximum Gasteiger partial charge on any atom is 0.130 e. The van der Waals surface area contributed by atoms with Crippen molar-refractivity contribution in [3.05, 3.63) is 21.7 Å². The zero-order chi connectivity index (χ0) is 8.59. The average molecular weight is 217 g/mol. The Morgan fingerprint density at radius 2 is 1.82 bits per heavy atom. The van der Waals surface area contributed by atoms with Crippen LogP contribution in [0.3, 0.4) is 0 Å². The highest BCUT2D eigenvalue weighted by Gasteiger charge is 2.08. The summed E-state index contributed by atoms with van der Waals surface area (Å²) in [5, 5.41) is 18.6. The number of aryl methyl sites for hydroxylation is 1. The van der Waals surface area contributed by atoms with Crippen LogP contribution in [-0.4, -0.2) is 10.2 Å². The van der Waals surface area contributed by atoms with Crippen LogP contribution in [0, 0.1) is 13.8 Å². The van der Waals surface area contributed by atoms with Crippen molar-refractivity contribution in [3.8, 4) is 11.5 Å². The van der Waals surface area contributed by atoms with Crippen molar-refractivity contribution in [1.82, 2.24) is 0 Å². The van der Waals surface area contributed by atoms with E-state index in [1.165, 1.54) is 6.07 Å². The Hall–Kier alpha value is -0.700. The van der Waals surface area contributed by atoms with Crippen LogP contribution in [-0.2, 0) is 0 Å². The normalized spacial score (nSPS) is 10.1. The molecule has 0 aromatic heterocycles. The molecule has 0 aliphatic carbocycles. The Kier molecular flexibility index (Phi) is 2.09. The molecule has 1 rings (SSSR count). The molecular weight excluding hydrogens is 208 g/mol. The van der Waals surface area contributed by atoms with Crippen LogP contribution in [0.25, 0.3) is 0 Å². The van der Waals surface area contributed by atoms with Crippen molar-refractivity contribution < 1.29 is 10.2 Å². The Balaban J connectivity index is 3.46. The molecule has 0 unspecified atom stereocenters. The molecule has 2 N–H and O–H groups in total. The summed E-state index contributed by atoms with van der Waals surface area (Å²) in [7, 11) is 0. The van der Waals surface area contributed by atoms with Gasteiger partial charge in [-0.15, -0.1) is 0 Å². The first kappa shape index (κ1) is 8.40. The number of hydrogen-bond acceptors (Lipinski definition) is 2. The van der Waals surface area contributed by atoms with Gasteiger partial charge in [-0.25, -0.2) is 0 Å². The highest BCUT2D eigenvalue weighted by atomic mass is 79.9. The minimum Gasteiger partial charge on any atom is -0.507 e. The van der Waals surface area contributed by atoms with E-state index in [4.69, 9.17) is 0 Å².